The zero-order valence-corrected chi connectivity index (χ0v) is 11.5. The molecule has 0 aliphatic rings. The quantitative estimate of drug-likeness (QED) is 0.807. The number of amides is 1. The molecule has 0 aliphatic carbocycles. The molecular weight excluding hydrogens is 242 g/mol. The maximum Gasteiger partial charge on any atom is 0.261 e. The molecule has 1 unspecified atom stereocenters. The monoisotopic (exact) mass is 259 g/mol. The van der Waals surface area contributed by atoms with Crippen LogP contribution in [0.2, 0.25) is 0 Å². The van der Waals surface area contributed by atoms with Crippen molar-refractivity contribution in [1.82, 2.24) is 5.32 Å². The van der Waals surface area contributed by atoms with Crippen LogP contribution in [0.3, 0.4) is 0 Å². The van der Waals surface area contributed by atoms with Crippen molar-refractivity contribution in [2.45, 2.75) is 33.2 Å². The van der Waals surface area contributed by atoms with Crippen LogP contribution in [-0.2, 0) is 0 Å². The topological polar surface area (TPSA) is 29.1 Å². The van der Waals surface area contributed by atoms with E-state index in [1.807, 2.05) is 18.4 Å². The van der Waals surface area contributed by atoms with Gasteiger partial charge in [0.2, 0.25) is 0 Å². The number of aryl methyl sites for hydroxylation is 1. The Kier molecular flexibility index (Phi) is 5.29. The van der Waals surface area contributed by atoms with Crippen LogP contribution in [0.5, 0.6) is 0 Å². The molecule has 1 aromatic rings. The Morgan fingerprint density at radius 1 is 1.56 bits per heavy atom. The second-order valence-corrected chi connectivity index (χ2v) is 5.53. The molecule has 0 fully saturated rings. The van der Waals surface area contributed by atoms with E-state index in [1.165, 1.54) is 11.3 Å². The first-order chi connectivity index (χ1) is 7.56. The van der Waals surface area contributed by atoms with E-state index in [2.05, 4.69) is 19.2 Å². The molecule has 1 aromatic heterocycles. The molecule has 0 spiro atoms. The molecule has 1 rings (SSSR count). The minimum Gasteiger partial charge on any atom is -0.348 e. The van der Waals surface area contributed by atoms with E-state index in [0.29, 0.717) is 11.8 Å². The maximum absolute atomic E-state index is 12.0. The van der Waals surface area contributed by atoms with Crippen LogP contribution in [-0.4, -0.2) is 17.8 Å². The lowest BCUT2D eigenvalue weighted by Crippen LogP contribution is -2.38. The third-order valence-electron chi connectivity index (χ3n) is 2.61. The summed E-state index contributed by atoms with van der Waals surface area (Å²) in [6.45, 7) is 6.15. The summed E-state index contributed by atoms with van der Waals surface area (Å²) in [7, 11) is 0. The highest BCUT2D eigenvalue weighted by molar-refractivity contribution is 7.12. The summed E-state index contributed by atoms with van der Waals surface area (Å²) in [5.41, 5.74) is 1.04. The van der Waals surface area contributed by atoms with Crippen LogP contribution in [0.1, 0.15) is 35.5 Å². The second kappa shape index (κ2) is 6.26. The minimum atomic E-state index is 0.0244. The number of thiophene rings is 1. The van der Waals surface area contributed by atoms with Crippen molar-refractivity contribution in [2.24, 2.45) is 5.92 Å². The summed E-state index contributed by atoms with van der Waals surface area (Å²) in [5, 5.41) is 4.99. The Labute approximate surface area is 106 Å². The molecule has 1 atom stereocenters. The highest BCUT2D eigenvalue weighted by Gasteiger charge is 2.18. The molecule has 0 saturated heterocycles. The van der Waals surface area contributed by atoms with E-state index in [4.69, 9.17) is 11.6 Å². The van der Waals surface area contributed by atoms with Gasteiger partial charge in [0.05, 0.1) is 4.88 Å². The van der Waals surface area contributed by atoms with E-state index >= 15 is 0 Å². The van der Waals surface area contributed by atoms with Gasteiger partial charge >= 0.3 is 0 Å². The zero-order chi connectivity index (χ0) is 12.1. The Morgan fingerprint density at radius 2 is 2.25 bits per heavy atom. The molecule has 0 aromatic carbocycles. The number of hydrogen-bond donors (Lipinski definition) is 1. The number of alkyl halides is 1. The first-order valence-electron chi connectivity index (χ1n) is 5.47. The van der Waals surface area contributed by atoms with Crippen molar-refractivity contribution < 1.29 is 4.79 Å². The average Bonchev–Trinajstić information content (AvgIpc) is 2.63. The minimum absolute atomic E-state index is 0.0244. The Bertz CT molecular complexity index is 349. The van der Waals surface area contributed by atoms with Gasteiger partial charge in [-0.3, -0.25) is 4.79 Å². The lowest BCUT2D eigenvalue weighted by Gasteiger charge is -2.21. The largest absolute Gasteiger partial charge is 0.348 e. The summed E-state index contributed by atoms with van der Waals surface area (Å²) in [6.07, 6.45) is 0.815. The van der Waals surface area contributed by atoms with Crippen LogP contribution < -0.4 is 5.32 Å². The van der Waals surface area contributed by atoms with Gasteiger partial charge in [0.15, 0.2) is 0 Å². The van der Waals surface area contributed by atoms with Crippen molar-refractivity contribution in [3.05, 3.63) is 21.9 Å². The third kappa shape index (κ3) is 3.49. The Hall–Kier alpha value is -0.540. The van der Waals surface area contributed by atoms with Gasteiger partial charge in [-0.05, 0) is 36.3 Å². The van der Waals surface area contributed by atoms with Crippen LogP contribution in [0.4, 0.5) is 0 Å². The van der Waals surface area contributed by atoms with E-state index in [-0.39, 0.29) is 11.9 Å². The van der Waals surface area contributed by atoms with Crippen molar-refractivity contribution in [1.29, 1.82) is 0 Å². The molecule has 16 heavy (non-hydrogen) atoms. The van der Waals surface area contributed by atoms with Crippen molar-refractivity contribution in [2.75, 3.05) is 5.88 Å². The number of halogens is 1. The van der Waals surface area contributed by atoms with Gasteiger partial charge in [-0.25, -0.2) is 0 Å². The van der Waals surface area contributed by atoms with E-state index in [1.54, 1.807) is 0 Å². The third-order valence-corrected chi connectivity index (χ3v) is 3.84. The summed E-state index contributed by atoms with van der Waals surface area (Å²) in [5.74, 6) is 1.01. The van der Waals surface area contributed by atoms with E-state index < -0.39 is 0 Å². The first kappa shape index (κ1) is 13.5. The predicted molar refractivity (Wildman–Crippen MR) is 70.5 cm³/mol. The number of hydrogen-bond acceptors (Lipinski definition) is 2. The van der Waals surface area contributed by atoms with Gasteiger partial charge in [-0.2, -0.15) is 0 Å². The molecule has 0 saturated carbocycles. The predicted octanol–water partition coefficient (Wildman–Crippen LogP) is 3.44. The molecule has 4 heteroatoms. The van der Waals surface area contributed by atoms with Crippen LogP contribution in [0.25, 0.3) is 0 Å². The molecular formula is C12H18ClNOS. The molecule has 1 N–H and O–H groups in total. The normalized spacial score (nSPS) is 12.8. The first-order valence-corrected chi connectivity index (χ1v) is 6.88. The van der Waals surface area contributed by atoms with Crippen LogP contribution in [0, 0.1) is 12.8 Å². The fourth-order valence-corrected chi connectivity index (χ4v) is 2.59. The van der Waals surface area contributed by atoms with Crippen LogP contribution >= 0.6 is 22.9 Å². The SMILES string of the molecule is Cc1ccsc1C(=O)NC(CCCl)C(C)C. The maximum atomic E-state index is 12.0. The summed E-state index contributed by atoms with van der Waals surface area (Å²) < 4.78 is 0. The summed E-state index contributed by atoms with van der Waals surface area (Å²) in [6, 6.07) is 2.12. The van der Waals surface area contributed by atoms with Crippen LogP contribution in [0.15, 0.2) is 11.4 Å². The average molecular weight is 260 g/mol. The van der Waals surface area contributed by atoms with E-state index in [9.17, 15) is 4.79 Å². The second-order valence-electron chi connectivity index (χ2n) is 4.23. The smallest absolute Gasteiger partial charge is 0.261 e. The Balaban J connectivity index is 2.65. The Morgan fingerprint density at radius 3 is 2.69 bits per heavy atom. The number of rotatable bonds is 5. The molecule has 0 radical (unpaired) electrons. The van der Waals surface area contributed by atoms with E-state index in [0.717, 1.165) is 16.9 Å². The lowest BCUT2D eigenvalue weighted by molar-refractivity contribution is 0.0928. The van der Waals surface area contributed by atoms with Gasteiger partial charge < -0.3 is 5.32 Å². The highest BCUT2D eigenvalue weighted by Crippen LogP contribution is 2.16. The van der Waals surface area contributed by atoms with Crippen molar-refractivity contribution in [3.63, 3.8) is 0 Å². The molecule has 1 amide bonds. The molecule has 1 heterocycles. The highest BCUT2D eigenvalue weighted by atomic mass is 35.5. The summed E-state index contributed by atoms with van der Waals surface area (Å²) in [4.78, 5) is 12.8. The van der Waals surface area contributed by atoms with Gasteiger partial charge in [0, 0.05) is 11.9 Å². The number of carbonyl (C=O) groups excluding carboxylic acids is 1. The molecule has 2 nitrogen and oxygen atoms in total. The fraction of sp³-hybridized carbons (Fsp3) is 0.583. The fourth-order valence-electron chi connectivity index (χ4n) is 1.53. The van der Waals surface area contributed by atoms with Gasteiger partial charge in [0.25, 0.3) is 5.91 Å². The van der Waals surface area contributed by atoms with Crippen molar-refractivity contribution >= 4 is 28.8 Å². The standard InChI is InChI=1S/C12H18ClNOS/c1-8(2)10(4-6-13)14-12(15)11-9(3)5-7-16-11/h5,7-8,10H,4,6H2,1-3H3,(H,14,15). The number of carbonyl (C=O) groups is 1. The van der Waals surface area contributed by atoms with Crippen molar-refractivity contribution in [3.8, 4) is 0 Å². The van der Waals surface area contributed by atoms with Gasteiger partial charge in [-0.15, -0.1) is 22.9 Å². The van der Waals surface area contributed by atoms with Gasteiger partial charge in [-0.1, -0.05) is 13.8 Å². The molecule has 0 aliphatic heterocycles. The molecule has 0 bridgehead atoms. The van der Waals surface area contributed by atoms with Gasteiger partial charge in [0.1, 0.15) is 0 Å². The number of nitrogens with one attached hydrogen (secondary N) is 1. The summed E-state index contributed by atoms with van der Waals surface area (Å²) >= 11 is 7.22. The lowest BCUT2D eigenvalue weighted by atomic mass is 10.0. The zero-order valence-electron chi connectivity index (χ0n) is 9.92. The molecule has 90 valence electrons.